The number of piperazine rings is 1. The standard InChI is InChI=1S/C22H21F3N6O4/c1-30-6-8-31(9-7-30)13-3-5-15(16(10-13)34-22(23,24)25)27-21-26-11-12-2-4-14-18(20(32)33)29-35-19(14)17(12)28-21/h3,5,10-11H,2,4,6-9H2,1H3,(H,32,33)(H,26,27,28). The van der Waals surface area contributed by atoms with Crippen LogP contribution in [0.5, 0.6) is 5.75 Å². The van der Waals surface area contributed by atoms with E-state index in [0.717, 1.165) is 13.1 Å². The molecule has 5 rings (SSSR count). The van der Waals surface area contributed by atoms with Crippen LogP contribution >= 0.6 is 0 Å². The number of carboxylic acids is 1. The summed E-state index contributed by atoms with van der Waals surface area (Å²) in [6.45, 7) is 2.96. The molecule has 13 heteroatoms. The summed E-state index contributed by atoms with van der Waals surface area (Å²) in [5.74, 6) is -1.40. The van der Waals surface area contributed by atoms with Crippen molar-refractivity contribution in [1.82, 2.24) is 20.0 Å². The molecule has 3 heterocycles. The number of carbonyl (C=O) groups is 1. The van der Waals surface area contributed by atoms with Gasteiger partial charge in [0.05, 0.1) is 5.69 Å². The van der Waals surface area contributed by atoms with Crippen LogP contribution in [0.4, 0.5) is 30.5 Å². The number of hydrogen-bond acceptors (Lipinski definition) is 9. The second kappa shape index (κ2) is 8.73. The average molecular weight is 490 g/mol. The van der Waals surface area contributed by atoms with Gasteiger partial charge >= 0.3 is 12.3 Å². The van der Waals surface area contributed by atoms with Crippen molar-refractivity contribution < 1.29 is 32.3 Å². The molecule has 0 amide bonds. The molecule has 35 heavy (non-hydrogen) atoms. The van der Waals surface area contributed by atoms with Crippen molar-refractivity contribution >= 4 is 23.3 Å². The van der Waals surface area contributed by atoms with Crippen LogP contribution in [0.2, 0.25) is 0 Å². The predicted molar refractivity (Wildman–Crippen MR) is 118 cm³/mol. The molecule has 0 bridgehead atoms. The molecule has 2 aromatic heterocycles. The zero-order valence-corrected chi connectivity index (χ0v) is 18.6. The Hall–Kier alpha value is -3.87. The summed E-state index contributed by atoms with van der Waals surface area (Å²) in [7, 11) is 1.99. The van der Waals surface area contributed by atoms with E-state index in [1.807, 2.05) is 11.9 Å². The predicted octanol–water partition coefficient (Wildman–Crippen LogP) is 3.32. The highest BCUT2D eigenvalue weighted by Gasteiger charge is 2.33. The van der Waals surface area contributed by atoms with Crippen molar-refractivity contribution in [3.05, 3.63) is 41.2 Å². The lowest BCUT2D eigenvalue weighted by Crippen LogP contribution is -2.44. The smallest absolute Gasteiger partial charge is 0.476 e. The SMILES string of the molecule is CN1CCN(c2ccc(Nc3ncc4c(n3)-c3onc(C(=O)O)c3CC4)c(OC(F)(F)F)c2)CC1. The minimum atomic E-state index is -4.89. The number of nitrogens with one attached hydrogen (secondary N) is 1. The van der Waals surface area contributed by atoms with Crippen LogP contribution in [-0.2, 0) is 12.8 Å². The molecular weight excluding hydrogens is 469 g/mol. The summed E-state index contributed by atoms with van der Waals surface area (Å²) in [6, 6.07) is 4.54. The summed E-state index contributed by atoms with van der Waals surface area (Å²) in [6.07, 6.45) is -2.48. The van der Waals surface area contributed by atoms with Gasteiger partial charge in [0.25, 0.3) is 0 Å². The number of aromatic nitrogens is 3. The number of alkyl halides is 3. The number of likely N-dealkylation sites (N-methyl/N-ethyl adjacent to an activating group) is 1. The van der Waals surface area contributed by atoms with Gasteiger partial charge in [0.15, 0.2) is 17.2 Å². The number of benzene rings is 1. The average Bonchev–Trinajstić information content (AvgIpc) is 3.25. The van der Waals surface area contributed by atoms with Gasteiger partial charge in [0.2, 0.25) is 5.95 Å². The van der Waals surface area contributed by atoms with Crippen molar-refractivity contribution in [2.24, 2.45) is 0 Å². The van der Waals surface area contributed by atoms with E-state index in [1.165, 1.54) is 18.3 Å². The molecule has 2 N–H and O–H groups in total. The van der Waals surface area contributed by atoms with Crippen molar-refractivity contribution in [3.8, 4) is 17.2 Å². The van der Waals surface area contributed by atoms with Crippen molar-refractivity contribution in [3.63, 3.8) is 0 Å². The summed E-state index contributed by atoms with van der Waals surface area (Å²) < 4.78 is 49.1. The Kier molecular flexibility index (Phi) is 5.71. The third-order valence-electron chi connectivity index (χ3n) is 6.02. The van der Waals surface area contributed by atoms with Crippen LogP contribution in [0.25, 0.3) is 11.5 Å². The Morgan fingerprint density at radius 2 is 1.97 bits per heavy atom. The number of nitrogens with zero attached hydrogens (tertiary/aromatic N) is 5. The van der Waals surface area contributed by atoms with Crippen LogP contribution in [0.3, 0.4) is 0 Å². The van der Waals surface area contributed by atoms with Gasteiger partial charge in [-0.2, -0.15) is 0 Å². The fourth-order valence-corrected chi connectivity index (χ4v) is 4.21. The van der Waals surface area contributed by atoms with Crippen LogP contribution in [0.1, 0.15) is 21.6 Å². The van der Waals surface area contributed by atoms with Crippen LogP contribution in [0.15, 0.2) is 28.9 Å². The maximum absolute atomic E-state index is 13.2. The zero-order chi connectivity index (χ0) is 24.7. The second-order valence-electron chi connectivity index (χ2n) is 8.36. The van der Waals surface area contributed by atoms with Gasteiger partial charge in [0, 0.05) is 55.3 Å². The summed E-state index contributed by atoms with van der Waals surface area (Å²) >= 11 is 0. The van der Waals surface area contributed by atoms with Crippen molar-refractivity contribution in [2.45, 2.75) is 19.2 Å². The first-order valence-corrected chi connectivity index (χ1v) is 10.9. The van der Waals surface area contributed by atoms with Gasteiger partial charge in [-0.15, -0.1) is 13.2 Å². The van der Waals surface area contributed by atoms with E-state index >= 15 is 0 Å². The lowest BCUT2D eigenvalue weighted by atomic mass is 9.94. The van der Waals surface area contributed by atoms with Gasteiger partial charge in [-0.3, -0.25) is 0 Å². The molecule has 0 saturated carbocycles. The number of ether oxygens (including phenoxy) is 1. The number of fused-ring (bicyclic) bond motifs is 3. The second-order valence-corrected chi connectivity index (χ2v) is 8.36. The normalized spacial score (nSPS) is 15.9. The number of aryl methyl sites for hydroxylation is 1. The topological polar surface area (TPSA) is 117 Å². The maximum Gasteiger partial charge on any atom is 0.573 e. The molecule has 184 valence electrons. The summed E-state index contributed by atoms with van der Waals surface area (Å²) in [4.78, 5) is 24.1. The van der Waals surface area contributed by atoms with Crippen LogP contribution in [-0.4, -0.2) is 70.7 Å². The Bertz CT molecular complexity index is 1270. The fourth-order valence-electron chi connectivity index (χ4n) is 4.21. The molecule has 0 radical (unpaired) electrons. The molecule has 1 fully saturated rings. The molecule has 0 spiro atoms. The number of halogens is 3. The van der Waals surface area contributed by atoms with Gasteiger partial charge < -0.3 is 29.5 Å². The van der Waals surface area contributed by atoms with E-state index < -0.39 is 18.1 Å². The van der Waals surface area contributed by atoms with Gasteiger partial charge in [0.1, 0.15) is 5.69 Å². The number of aromatic carboxylic acids is 1. The van der Waals surface area contributed by atoms with Gasteiger partial charge in [-0.25, -0.2) is 14.8 Å². The highest BCUT2D eigenvalue weighted by atomic mass is 19.4. The first-order chi connectivity index (χ1) is 16.7. The Morgan fingerprint density at radius 3 is 2.69 bits per heavy atom. The number of anilines is 3. The molecule has 1 aliphatic heterocycles. The van der Waals surface area contributed by atoms with Crippen molar-refractivity contribution in [1.29, 1.82) is 0 Å². The first kappa shape index (κ1) is 22.9. The molecule has 1 aromatic carbocycles. The van der Waals surface area contributed by atoms with E-state index in [1.54, 1.807) is 6.07 Å². The molecule has 3 aromatic rings. The van der Waals surface area contributed by atoms with E-state index in [0.29, 0.717) is 48.4 Å². The van der Waals surface area contributed by atoms with Crippen LogP contribution in [0, 0.1) is 0 Å². The Morgan fingerprint density at radius 1 is 1.20 bits per heavy atom. The quantitative estimate of drug-likeness (QED) is 0.552. The monoisotopic (exact) mass is 490 g/mol. The zero-order valence-electron chi connectivity index (χ0n) is 18.6. The molecule has 1 aliphatic carbocycles. The van der Waals surface area contributed by atoms with E-state index in [-0.39, 0.29) is 23.1 Å². The molecule has 2 aliphatic rings. The fraction of sp³-hybridized carbons (Fsp3) is 0.364. The summed E-state index contributed by atoms with van der Waals surface area (Å²) in [5, 5.41) is 15.7. The highest BCUT2D eigenvalue weighted by molar-refractivity contribution is 5.89. The lowest BCUT2D eigenvalue weighted by molar-refractivity contribution is -0.274. The van der Waals surface area contributed by atoms with Crippen LogP contribution < -0.4 is 15.0 Å². The van der Waals surface area contributed by atoms with Crippen molar-refractivity contribution in [2.75, 3.05) is 43.4 Å². The molecule has 10 nitrogen and oxygen atoms in total. The van der Waals surface area contributed by atoms with Gasteiger partial charge in [-0.1, -0.05) is 5.16 Å². The third-order valence-corrected chi connectivity index (χ3v) is 6.02. The first-order valence-electron chi connectivity index (χ1n) is 10.9. The Labute approximate surface area is 197 Å². The number of carboxylic acid groups (broad SMARTS) is 1. The molecular formula is C22H21F3N6O4. The van der Waals surface area contributed by atoms with E-state index in [4.69, 9.17) is 4.52 Å². The molecule has 1 saturated heterocycles. The molecule has 0 atom stereocenters. The third kappa shape index (κ3) is 4.71. The minimum Gasteiger partial charge on any atom is -0.476 e. The maximum atomic E-state index is 13.2. The minimum absolute atomic E-state index is 0.00393. The Balaban J connectivity index is 1.46. The number of hydrogen-bond donors (Lipinski definition) is 2. The largest absolute Gasteiger partial charge is 0.573 e. The lowest BCUT2D eigenvalue weighted by Gasteiger charge is -2.34. The van der Waals surface area contributed by atoms with Gasteiger partial charge in [-0.05, 0) is 32.0 Å². The molecule has 0 unspecified atom stereocenters. The summed E-state index contributed by atoms with van der Waals surface area (Å²) in [5.41, 5.74) is 1.94. The highest BCUT2D eigenvalue weighted by Crippen LogP contribution is 2.37. The van der Waals surface area contributed by atoms with E-state index in [9.17, 15) is 23.1 Å². The van der Waals surface area contributed by atoms with E-state index in [2.05, 4.69) is 30.1 Å². The number of rotatable bonds is 5.